The maximum Gasteiger partial charge on any atom is 0.408 e. The molecule has 1 aromatic carbocycles. The second-order valence-electron chi connectivity index (χ2n) is 4.84. The van der Waals surface area contributed by atoms with Crippen molar-refractivity contribution in [2.24, 2.45) is 0 Å². The van der Waals surface area contributed by atoms with E-state index < -0.39 is 25.2 Å². The Morgan fingerprint density at radius 3 is 2.43 bits per heavy atom. The van der Waals surface area contributed by atoms with Gasteiger partial charge in [-0.1, -0.05) is 30.3 Å². The van der Waals surface area contributed by atoms with E-state index in [0.29, 0.717) is 0 Å². The summed E-state index contributed by atoms with van der Waals surface area (Å²) in [6.07, 6.45) is -0.764. The molecule has 0 fully saturated rings. The zero-order valence-corrected chi connectivity index (χ0v) is 14.4. The number of carbonyl (C=O) groups excluding carboxylic acids is 2. The molecule has 1 aromatic rings. The molecule has 0 bridgehead atoms. The van der Waals surface area contributed by atoms with Gasteiger partial charge in [0.1, 0.15) is 12.4 Å². The maximum atomic E-state index is 12.6. The fourth-order valence-electron chi connectivity index (χ4n) is 1.83. The van der Waals surface area contributed by atoms with Crippen molar-refractivity contribution in [3.8, 4) is 0 Å². The zero-order valence-electron chi connectivity index (χ0n) is 13.5. The number of nitrogens with one attached hydrogen (secondary N) is 1. The molecule has 2 unspecified atom stereocenters. The van der Waals surface area contributed by atoms with Gasteiger partial charge < -0.3 is 19.3 Å². The predicted molar refractivity (Wildman–Crippen MR) is 85.3 cm³/mol. The van der Waals surface area contributed by atoms with E-state index in [1.54, 1.807) is 6.92 Å². The van der Waals surface area contributed by atoms with Crippen molar-refractivity contribution in [3.05, 3.63) is 35.9 Å². The second kappa shape index (κ2) is 9.33. The summed E-state index contributed by atoms with van der Waals surface area (Å²) in [5.74, 6) is -1.26. The van der Waals surface area contributed by atoms with E-state index in [0.717, 1.165) is 5.56 Å². The van der Waals surface area contributed by atoms with Gasteiger partial charge >= 0.3 is 12.1 Å². The summed E-state index contributed by atoms with van der Waals surface area (Å²) in [6.45, 7) is 1.66. The predicted octanol–water partition coefficient (Wildman–Crippen LogP) is 2.75. The van der Waals surface area contributed by atoms with Crippen LogP contribution >= 0.6 is 7.37 Å². The van der Waals surface area contributed by atoms with Crippen molar-refractivity contribution < 1.29 is 28.2 Å². The number of esters is 1. The van der Waals surface area contributed by atoms with E-state index >= 15 is 0 Å². The van der Waals surface area contributed by atoms with Gasteiger partial charge in [0, 0.05) is 13.3 Å². The van der Waals surface area contributed by atoms with E-state index in [1.165, 1.54) is 14.2 Å². The van der Waals surface area contributed by atoms with Gasteiger partial charge in [0.15, 0.2) is 0 Å². The van der Waals surface area contributed by atoms with E-state index in [2.05, 4.69) is 10.1 Å². The average molecular weight is 343 g/mol. The number of amides is 1. The summed E-state index contributed by atoms with van der Waals surface area (Å²) < 4.78 is 27.2. The lowest BCUT2D eigenvalue weighted by molar-refractivity contribution is -0.140. The SMILES string of the molecule is COC(=O)CCP(=O)(OC)C(C)NC(=O)OCc1ccccc1. The van der Waals surface area contributed by atoms with Crippen LogP contribution in [-0.2, 0) is 30.0 Å². The highest BCUT2D eigenvalue weighted by atomic mass is 31.2. The van der Waals surface area contributed by atoms with E-state index in [1.807, 2.05) is 30.3 Å². The molecular formula is C15H22NO6P. The molecular weight excluding hydrogens is 321 g/mol. The topological polar surface area (TPSA) is 90.9 Å². The highest BCUT2D eigenvalue weighted by molar-refractivity contribution is 7.59. The van der Waals surface area contributed by atoms with Gasteiger partial charge in [-0.25, -0.2) is 4.79 Å². The van der Waals surface area contributed by atoms with Crippen LogP contribution in [0.25, 0.3) is 0 Å². The number of hydrogen-bond donors (Lipinski definition) is 1. The molecule has 0 saturated carbocycles. The first-order chi connectivity index (χ1) is 10.9. The van der Waals surface area contributed by atoms with E-state index in [9.17, 15) is 14.2 Å². The van der Waals surface area contributed by atoms with Gasteiger partial charge in [-0.15, -0.1) is 0 Å². The van der Waals surface area contributed by atoms with E-state index in [-0.39, 0.29) is 19.2 Å². The van der Waals surface area contributed by atoms with Crippen LogP contribution in [0.5, 0.6) is 0 Å². The van der Waals surface area contributed by atoms with Crippen LogP contribution in [0.15, 0.2) is 30.3 Å². The minimum absolute atomic E-state index is 0.0176. The van der Waals surface area contributed by atoms with Crippen molar-refractivity contribution in [2.45, 2.75) is 25.7 Å². The second-order valence-corrected chi connectivity index (χ2v) is 7.88. The highest BCUT2D eigenvalue weighted by Gasteiger charge is 2.32. The molecule has 2 atom stereocenters. The average Bonchev–Trinajstić information content (AvgIpc) is 2.58. The Morgan fingerprint density at radius 1 is 1.22 bits per heavy atom. The Balaban J connectivity index is 2.50. The minimum atomic E-state index is -3.22. The van der Waals surface area contributed by atoms with Crippen molar-refractivity contribution in [1.82, 2.24) is 5.32 Å². The lowest BCUT2D eigenvalue weighted by Crippen LogP contribution is -2.34. The smallest absolute Gasteiger partial charge is 0.408 e. The third-order valence-electron chi connectivity index (χ3n) is 3.29. The third-order valence-corrected chi connectivity index (χ3v) is 6.07. The number of alkyl carbamates (subject to hydrolysis) is 1. The van der Waals surface area contributed by atoms with Gasteiger partial charge in [-0.3, -0.25) is 9.36 Å². The molecule has 128 valence electrons. The van der Waals surface area contributed by atoms with Crippen LogP contribution in [0.3, 0.4) is 0 Å². The Kier molecular flexibility index (Phi) is 7.78. The van der Waals surface area contributed by atoms with Crippen molar-refractivity contribution in [2.75, 3.05) is 20.4 Å². The third kappa shape index (κ3) is 6.42. The summed E-state index contributed by atoms with van der Waals surface area (Å²) in [5, 5.41) is 2.48. The van der Waals surface area contributed by atoms with Crippen LogP contribution in [0, 0.1) is 0 Å². The van der Waals surface area contributed by atoms with Crippen LogP contribution in [0.2, 0.25) is 0 Å². The zero-order chi connectivity index (χ0) is 17.3. The number of rotatable bonds is 8. The minimum Gasteiger partial charge on any atom is -0.469 e. The summed E-state index contributed by atoms with van der Waals surface area (Å²) in [7, 11) is -0.685. The fraction of sp³-hybridized carbons (Fsp3) is 0.467. The number of hydrogen-bond acceptors (Lipinski definition) is 6. The van der Waals surface area contributed by atoms with E-state index in [4.69, 9.17) is 9.26 Å². The molecule has 0 heterocycles. The molecule has 7 nitrogen and oxygen atoms in total. The number of methoxy groups -OCH3 is 1. The lowest BCUT2D eigenvalue weighted by Gasteiger charge is -2.23. The van der Waals surface area contributed by atoms with Gasteiger partial charge in [-0.2, -0.15) is 0 Å². The van der Waals surface area contributed by atoms with Crippen molar-refractivity contribution in [1.29, 1.82) is 0 Å². The summed E-state index contributed by atoms with van der Waals surface area (Å²) >= 11 is 0. The monoisotopic (exact) mass is 343 g/mol. The van der Waals surface area contributed by atoms with Crippen LogP contribution in [0.1, 0.15) is 18.9 Å². The molecule has 0 aliphatic carbocycles. The van der Waals surface area contributed by atoms with Gasteiger partial charge in [0.25, 0.3) is 0 Å². The van der Waals surface area contributed by atoms with Gasteiger partial charge in [-0.05, 0) is 12.5 Å². The molecule has 23 heavy (non-hydrogen) atoms. The molecule has 1 amide bonds. The molecule has 1 rings (SSSR count). The summed E-state index contributed by atoms with van der Waals surface area (Å²) in [5.41, 5.74) is 0.843. The van der Waals surface area contributed by atoms with Crippen LogP contribution in [0.4, 0.5) is 4.79 Å². The number of ether oxygens (including phenoxy) is 2. The Morgan fingerprint density at radius 2 is 1.87 bits per heavy atom. The fourth-order valence-corrected chi connectivity index (χ4v) is 3.51. The number of carbonyl (C=O) groups is 2. The molecule has 0 aliphatic heterocycles. The standard InChI is InChI=1S/C15H22NO6P/c1-12(23(19,21-3)10-9-14(17)20-2)16-15(18)22-11-13-7-5-4-6-8-13/h4-8,12H,9-11H2,1-3H3,(H,16,18). The Bertz CT molecular complexity index is 562. The van der Waals surface area contributed by atoms with Crippen molar-refractivity contribution >= 4 is 19.4 Å². The molecule has 0 saturated heterocycles. The molecule has 0 aliphatic rings. The normalized spacial score (nSPS) is 14.4. The molecule has 8 heteroatoms. The number of benzene rings is 1. The largest absolute Gasteiger partial charge is 0.469 e. The summed E-state index contributed by atoms with van der Waals surface area (Å²) in [6, 6.07) is 9.19. The lowest BCUT2D eigenvalue weighted by atomic mass is 10.2. The highest BCUT2D eigenvalue weighted by Crippen LogP contribution is 2.50. The quantitative estimate of drug-likeness (QED) is 0.576. The molecule has 0 spiro atoms. The molecule has 0 radical (unpaired) electrons. The Hall–Kier alpha value is -1.85. The summed E-state index contributed by atoms with van der Waals surface area (Å²) in [4.78, 5) is 22.9. The maximum absolute atomic E-state index is 12.6. The van der Waals surface area contributed by atoms with Gasteiger partial charge in [0.05, 0.1) is 13.5 Å². The van der Waals surface area contributed by atoms with Crippen LogP contribution in [-0.4, -0.2) is 38.2 Å². The first-order valence-electron chi connectivity index (χ1n) is 7.10. The Labute approximate surface area is 135 Å². The van der Waals surface area contributed by atoms with Crippen molar-refractivity contribution in [3.63, 3.8) is 0 Å². The molecule has 0 aromatic heterocycles. The van der Waals surface area contributed by atoms with Gasteiger partial charge in [0.2, 0.25) is 7.37 Å². The molecule has 1 N–H and O–H groups in total. The first-order valence-corrected chi connectivity index (χ1v) is 8.97. The first kappa shape index (κ1) is 19.2. The van der Waals surface area contributed by atoms with Crippen LogP contribution < -0.4 is 5.32 Å².